The fourth-order valence-corrected chi connectivity index (χ4v) is 4.86. The van der Waals surface area contributed by atoms with Gasteiger partial charge < -0.3 is 14.4 Å². The van der Waals surface area contributed by atoms with Gasteiger partial charge in [-0.1, -0.05) is 23.2 Å². The molecule has 0 saturated carbocycles. The topological polar surface area (TPSA) is 42.0 Å². The van der Waals surface area contributed by atoms with E-state index in [9.17, 15) is 4.79 Å². The molecule has 0 aromatic heterocycles. The SMILES string of the molecule is COc1c(Cl)cc(Cl)cc1CN1CC[C@@]23OCCN2C(=O)C[C@@H]13. The molecule has 2 atom stereocenters. The van der Waals surface area contributed by atoms with Crippen LogP contribution in [-0.4, -0.2) is 54.3 Å². The van der Waals surface area contributed by atoms with Crippen molar-refractivity contribution in [1.82, 2.24) is 9.80 Å². The second-order valence-electron chi connectivity index (χ2n) is 6.26. The lowest BCUT2D eigenvalue weighted by atomic mass is 10.1. The molecule has 0 aliphatic carbocycles. The number of ether oxygens (including phenoxy) is 2. The average Bonchev–Trinajstić information content (AvgIpc) is 3.12. The zero-order chi connectivity index (χ0) is 16.2. The predicted octanol–water partition coefficient (Wildman–Crippen LogP) is 2.54. The first-order valence-corrected chi connectivity index (χ1v) is 8.51. The Morgan fingerprint density at radius 3 is 3.00 bits per heavy atom. The summed E-state index contributed by atoms with van der Waals surface area (Å²) in [6, 6.07) is 3.64. The number of hydrogen-bond donors (Lipinski definition) is 0. The first-order chi connectivity index (χ1) is 11.0. The van der Waals surface area contributed by atoms with Crippen molar-refractivity contribution in [2.75, 3.05) is 26.8 Å². The first kappa shape index (κ1) is 15.5. The maximum atomic E-state index is 12.2. The van der Waals surface area contributed by atoms with Crippen molar-refractivity contribution in [3.05, 3.63) is 27.7 Å². The third-order valence-corrected chi connectivity index (χ3v) is 5.67. The number of likely N-dealkylation sites (tertiary alicyclic amines) is 1. The number of benzene rings is 1. The van der Waals surface area contributed by atoms with Gasteiger partial charge in [-0.2, -0.15) is 0 Å². The van der Waals surface area contributed by atoms with Gasteiger partial charge in [-0.25, -0.2) is 0 Å². The molecule has 3 aliphatic heterocycles. The van der Waals surface area contributed by atoms with Gasteiger partial charge in [0.2, 0.25) is 5.91 Å². The minimum Gasteiger partial charge on any atom is -0.495 e. The molecule has 0 radical (unpaired) electrons. The molecular formula is C16H18Cl2N2O3. The number of hydrogen-bond acceptors (Lipinski definition) is 4. The number of amides is 1. The Hall–Kier alpha value is -1.01. The van der Waals surface area contributed by atoms with Gasteiger partial charge >= 0.3 is 0 Å². The Bertz CT molecular complexity index is 669. The molecule has 1 aromatic carbocycles. The smallest absolute Gasteiger partial charge is 0.226 e. The van der Waals surface area contributed by atoms with Crippen molar-refractivity contribution in [2.24, 2.45) is 0 Å². The van der Waals surface area contributed by atoms with E-state index < -0.39 is 5.72 Å². The predicted molar refractivity (Wildman–Crippen MR) is 86.8 cm³/mol. The zero-order valence-corrected chi connectivity index (χ0v) is 14.4. The molecule has 3 heterocycles. The van der Waals surface area contributed by atoms with Crippen LogP contribution in [0.2, 0.25) is 10.0 Å². The normalized spacial score (nSPS) is 30.0. The molecule has 3 fully saturated rings. The van der Waals surface area contributed by atoms with Gasteiger partial charge in [-0.3, -0.25) is 9.69 Å². The van der Waals surface area contributed by atoms with Crippen molar-refractivity contribution in [3.63, 3.8) is 0 Å². The lowest BCUT2D eigenvalue weighted by Gasteiger charge is -2.32. The van der Waals surface area contributed by atoms with Gasteiger partial charge in [0.15, 0.2) is 5.72 Å². The zero-order valence-electron chi connectivity index (χ0n) is 12.8. The van der Waals surface area contributed by atoms with Crippen LogP contribution in [0.5, 0.6) is 5.75 Å². The molecule has 0 bridgehead atoms. The van der Waals surface area contributed by atoms with E-state index in [1.165, 1.54) is 0 Å². The van der Waals surface area contributed by atoms with Crippen LogP contribution in [0.1, 0.15) is 18.4 Å². The highest BCUT2D eigenvalue weighted by Crippen LogP contribution is 2.46. The van der Waals surface area contributed by atoms with E-state index in [4.69, 9.17) is 32.7 Å². The van der Waals surface area contributed by atoms with Crippen molar-refractivity contribution in [1.29, 1.82) is 0 Å². The maximum Gasteiger partial charge on any atom is 0.226 e. The van der Waals surface area contributed by atoms with Crippen LogP contribution < -0.4 is 4.74 Å². The van der Waals surface area contributed by atoms with Crippen LogP contribution in [0.4, 0.5) is 0 Å². The molecule has 1 amide bonds. The van der Waals surface area contributed by atoms with Crippen LogP contribution in [0.15, 0.2) is 12.1 Å². The average molecular weight is 357 g/mol. The van der Waals surface area contributed by atoms with Gasteiger partial charge in [0.25, 0.3) is 0 Å². The number of methoxy groups -OCH3 is 1. The molecule has 23 heavy (non-hydrogen) atoms. The molecule has 5 nitrogen and oxygen atoms in total. The van der Waals surface area contributed by atoms with Gasteiger partial charge in [0.05, 0.1) is 24.8 Å². The third kappa shape index (κ3) is 2.25. The fourth-order valence-electron chi connectivity index (χ4n) is 4.24. The Labute approximate surface area is 145 Å². The summed E-state index contributed by atoms with van der Waals surface area (Å²) in [5.41, 5.74) is 0.512. The second kappa shape index (κ2) is 5.52. The Morgan fingerprint density at radius 2 is 2.22 bits per heavy atom. The monoisotopic (exact) mass is 356 g/mol. The molecular weight excluding hydrogens is 339 g/mol. The fraction of sp³-hybridized carbons (Fsp3) is 0.562. The van der Waals surface area contributed by atoms with E-state index in [0.29, 0.717) is 41.9 Å². The Balaban J connectivity index is 1.63. The Kier molecular flexibility index (Phi) is 3.72. The van der Waals surface area contributed by atoms with Crippen LogP contribution in [-0.2, 0) is 16.1 Å². The molecule has 1 aromatic rings. The van der Waals surface area contributed by atoms with Crippen LogP contribution in [0.25, 0.3) is 0 Å². The number of rotatable bonds is 3. The van der Waals surface area contributed by atoms with E-state index in [1.807, 2.05) is 11.0 Å². The second-order valence-corrected chi connectivity index (χ2v) is 7.10. The van der Waals surface area contributed by atoms with Crippen LogP contribution >= 0.6 is 23.2 Å². The highest BCUT2D eigenvalue weighted by Gasteiger charge is 2.61. The highest BCUT2D eigenvalue weighted by atomic mass is 35.5. The minimum atomic E-state index is -0.424. The molecule has 4 rings (SSSR count). The van der Waals surface area contributed by atoms with Crippen molar-refractivity contribution >= 4 is 29.1 Å². The lowest BCUT2D eigenvalue weighted by molar-refractivity contribution is -0.136. The third-order valence-electron chi connectivity index (χ3n) is 5.17. The summed E-state index contributed by atoms with van der Waals surface area (Å²) >= 11 is 12.4. The molecule has 1 spiro atoms. The number of halogens is 2. The van der Waals surface area contributed by atoms with Gasteiger partial charge in [-0.05, 0) is 12.1 Å². The largest absolute Gasteiger partial charge is 0.495 e. The summed E-state index contributed by atoms with van der Waals surface area (Å²) in [6.07, 6.45) is 1.36. The molecule has 3 saturated heterocycles. The molecule has 3 aliphatic rings. The standard InChI is InChI=1S/C16H18Cl2N2O3/c1-22-15-10(6-11(17)7-12(15)18)9-19-3-2-16-13(19)8-14(21)20(16)4-5-23-16/h6-7,13H,2-5,8-9H2,1H3/t13-,16+/m1/s1. The summed E-state index contributed by atoms with van der Waals surface area (Å²) in [7, 11) is 1.60. The van der Waals surface area contributed by atoms with Crippen LogP contribution in [0.3, 0.4) is 0 Å². The van der Waals surface area contributed by atoms with Crippen molar-refractivity contribution < 1.29 is 14.3 Å². The van der Waals surface area contributed by atoms with E-state index in [-0.39, 0.29) is 11.9 Å². The van der Waals surface area contributed by atoms with Crippen molar-refractivity contribution in [3.8, 4) is 5.75 Å². The van der Waals surface area contributed by atoms with Gasteiger partial charge in [0, 0.05) is 43.1 Å². The first-order valence-electron chi connectivity index (χ1n) is 7.75. The highest BCUT2D eigenvalue weighted by molar-refractivity contribution is 6.35. The van der Waals surface area contributed by atoms with E-state index in [1.54, 1.807) is 13.2 Å². The van der Waals surface area contributed by atoms with Gasteiger partial charge in [0.1, 0.15) is 5.75 Å². The summed E-state index contributed by atoms with van der Waals surface area (Å²) in [5, 5.41) is 1.09. The summed E-state index contributed by atoms with van der Waals surface area (Å²) in [5.74, 6) is 0.832. The molecule has 124 valence electrons. The molecule has 0 unspecified atom stereocenters. The number of carbonyl (C=O) groups excluding carboxylic acids is 1. The lowest BCUT2D eigenvalue weighted by Crippen LogP contribution is -2.47. The van der Waals surface area contributed by atoms with Crippen LogP contribution in [0, 0.1) is 0 Å². The van der Waals surface area contributed by atoms with E-state index in [0.717, 1.165) is 18.5 Å². The van der Waals surface area contributed by atoms with E-state index in [2.05, 4.69) is 4.90 Å². The minimum absolute atomic E-state index is 0.0833. The quantitative estimate of drug-likeness (QED) is 0.834. The maximum absolute atomic E-state index is 12.2. The summed E-state index contributed by atoms with van der Waals surface area (Å²) in [6.45, 7) is 2.85. The van der Waals surface area contributed by atoms with E-state index >= 15 is 0 Å². The van der Waals surface area contributed by atoms with Gasteiger partial charge in [-0.15, -0.1) is 0 Å². The summed E-state index contributed by atoms with van der Waals surface area (Å²) in [4.78, 5) is 16.4. The molecule has 7 heteroatoms. The Morgan fingerprint density at radius 1 is 1.39 bits per heavy atom. The number of nitrogens with zero attached hydrogens (tertiary/aromatic N) is 2. The number of carbonyl (C=O) groups is 1. The van der Waals surface area contributed by atoms with Crippen molar-refractivity contribution in [2.45, 2.75) is 31.2 Å². The molecule has 0 N–H and O–H groups in total. The summed E-state index contributed by atoms with van der Waals surface area (Å²) < 4.78 is 11.4.